The van der Waals surface area contributed by atoms with E-state index in [2.05, 4.69) is 55.3 Å². The summed E-state index contributed by atoms with van der Waals surface area (Å²) in [7, 11) is 0. The molecule has 7 heteroatoms. The highest BCUT2D eigenvalue weighted by Gasteiger charge is 2.43. The Morgan fingerprint density at radius 3 is 2.58 bits per heavy atom. The summed E-state index contributed by atoms with van der Waals surface area (Å²) in [5.74, 6) is 1.02. The van der Waals surface area contributed by atoms with Gasteiger partial charge in [-0.05, 0) is 72.8 Å². The summed E-state index contributed by atoms with van der Waals surface area (Å²) in [6.45, 7) is 8.01. The lowest BCUT2D eigenvalue weighted by molar-refractivity contribution is -0.0592. The Morgan fingerprint density at radius 1 is 1.19 bits per heavy atom. The van der Waals surface area contributed by atoms with Crippen LogP contribution in [-0.2, 0) is 5.41 Å². The number of fused-ring (bicyclic) bond motifs is 1. The smallest absolute Gasteiger partial charge is 0.316 e. The van der Waals surface area contributed by atoms with Crippen molar-refractivity contribution in [1.82, 2.24) is 15.2 Å². The molecule has 2 aliphatic carbocycles. The number of aromatic nitrogens is 3. The van der Waals surface area contributed by atoms with E-state index in [4.69, 9.17) is 9.40 Å². The number of nitrogens with one attached hydrogen (secondary N) is 1. The number of benzene rings is 1. The average molecular weight is 425 g/mol. The summed E-state index contributed by atoms with van der Waals surface area (Å²) in [6, 6.07) is 6.79. The zero-order chi connectivity index (χ0) is 22.0. The molecular formula is C24H29FN4O2. The molecule has 2 aliphatic rings. The minimum Gasteiger partial charge on any atom is -0.402 e. The maximum atomic E-state index is 12.8. The van der Waals surface area contributed by atoms with Crippen molar-refractivity contribution < 1.29 is 13.9 Å². The zero-order valence-electron chi connectivity index (χ0n) is 18.5. The molecule has 0 unspecified atom stereocenters. The van der Waals surface area contributed by atoms with E-state index in [1.807, 2.05) is 6.07 Å². The average Bonchev–Trinajstić information content (AvgIpc) is 3.44. The monoisotopic (exact) mass is 424 g/mol. The van der Waals surface area contributed by atoms with Crippen molar-refractivity contribution in [1.29, 1.82) is 0 Å². The molecule has 164 valence electrons. The van der Waals surface area contributed by atoms with Gasteiger partial charge in [-0.1, -0.05) is 31.9 Å². The van der Waals surface area contributed by atoms with Gasteiger partial charge in [0.2, 0.25) is 0 Å². The number of alkyl halides is 1. The van der Waals surface area contributed by atoms with E-state index in [0.29, 0.717) is 30.3 Å². The Morgan fingerprint density at radius 2 is 1.94 bits per heavy atom. The highest BCUT2D eigenvalue weighted by atomic mass is 19.1. The standard InChI is InChI=1S/C24H29FN4O2/c1-13-7-19(21-28-29-22(31-21)26-16-10-24(30,11-16)12-25)27-20-17(13)8-15(14-5-6-14)9-18(20)23(2,3)4/h7-9,14,16,30H,5-6,10-12H2,1-4H3,(H,26,29). The maximum Gasteiger partial charge on any atom is 0.316 e. The van der Waals surface area contributed by atoms with Gasteiger partial charge in [-0.25, -0.2) is 9.37 Å². The van der Waals surface area contributed by atoms with E-state index in [1.165, 1.54) is 29.4 Å². The van der Waals surface area contributed by atoms with Crippen molar-refractivity contribution in [3.8, 4) is 11.6 Å². The molecule has 2 fully saturated rings. The maximum absolute atomic E-state index is 12.8. The summed E-state index contributed by atoms with van der Waals surface area (Å²) in [4.78, 5) is 4.94. The molecule has 3 aromatic rings. The van der Waals surface area contributed by atoms with E-state index in [1.54, 1.807) is 0 Å². The molecular weight excluding hydrogens is 395 g/mol. The fraction of sp³-hybridized carbons (Fsp3) is 0.542. The third kappa shape index (κ3) is 3.80. The second kappa shape index (κ2) is 6.99. The van der Waals surface area contributed by atoms with Gasteiger partial charge in [0.25, 0.3) is 5.89 Å². The summed E-state index contributed by atoms with van der Waals surface area (Å²) in [6.07, 6.45) is 3.18. The summed E-state index contributed by atoms with van der Waals surface area (Å²) in [5.41, 5.74) is 4.13. The van der Waals surface area contributed by atoms with Gasteiger partial charge in [0.1, 0.15) is 12.4 Å². The molecule has 0 spiro atoms. The van der Waals surface area contributed by atoms with Crippen LogP contribution in [0.5, 0.6) is 0 Å². The first-order valence-electron chi connectivity index (χ1n) is 11.0. The fourth-order valence-corrected chi connectivity index (χ4v) is 4.48. The van der Waals surface area contributed by atoms with Gasteiger partial charge in [0, 0.05) is 11.4 Å². The van der Waals surface area contributed by atoms with Gasteiger partial charge in [-0.3, -0.25) is 0 Å². The molecule has 0 atom stereocenters. The predicted octanol–water partition coefficient (Wildman–Crippen LogP) is 5.04. The van der Waals surface area contributed by atoms with Crippen molar-refractivity contribution in [3.05, 3.63) is 34.9 Å². The van der Waals surface area contributed by atoms with Gasteiger partial charge in [0.15, 0.2) is 0 Å². The second-order valence-electron chi connectivity index (χ2n) is 10.3. The van der Waals surface area contributed by atoms with Crippen molar-refractivity contribution in [2.45, 2.75) is 76.4 Å². The summed E-state index contributed by atoms with van der Waals surface area (Å²) >= 11 is 0. The number of hydrogen-bond acceptors (Lipinski definition) is 6. The highest BCUT2D eigenvalue weighted by Crippen LogP contribution is 2.44. The Bertz CT molecular complexity index is 1140. The van der Waals surface area contributed by atoms with E-state index in [-0.39, 0.29) is 17.5 Å². The molecule has 2 saturated carbocycles. The van der Waals surface area contributed by atoms with Crippen LogP contribution in [0.1, 0.15) is 69.1 Å². The van der Waals surface area contributed by atoms with Crippen LogP contribution in [0.25, 0.3) is 22.5 Å². The largest absolute Gasteiger partial charge is 0.402 e. The predicted molar refractivity (Wildman–Crippen MR) is 118 cm³/mol. The highest BCUT2D eigenvalue weighted by molar-refractivity contribution is 5.88. The second-order valence-corrected chi connectivity index (χ2v) is 10.3. The number of anilines is 1. The number of hydrogen-bond donors (Lipinski definition) is 2. The molecule has 31 heavy (non-hydrogen) atoms. The number of aliphatic hydroxyl groups is 1. The molecule has 5 rings (SSSR count). The van der Waals surface area contributed by atoms with E-state index in [9.17, 15) is 9.50 Å². The summed E-state index contributed by atoms with van der Waals surface area (Å²) in [5, 5.41) is 22.3. The minimum atomic E-state index is -1.22. The lowest BCUT2D eigenvalue weighted by Crippen LogP contribution is -2.52. The SMILES string of the molecule is Cc1cc(-c2nnc(NC3CC(O)(CF)C3)o2)nc2c(C(C)(C)C)cc(C3CC3)cc12. The van der Waals surface area contributed by atoms with Gasteiger partial charge in [-0.2, -0.15) is 0 Å². The van der Waals surface area contributed by atoms with Gasteiger partial charge >= 0.3 is 6.01 Å². The van der Waals surface area contributed by atoms with Crippen LogP contribution in [0, 0.1) is 6.92 Å². The number of aryl methyl sites for hydroxylation is 1. The molecule has 0 radical (unpaired) electrons. The molecule has 0 aliphatic heterocycles. The Hall–Kier alpha value is -2.54. The molecule has 0 bridgehead atoms. The van der Waals surface area contributed by atoms with Gasteiger partial charge < -0.3 is 14.8 Å². The van der Waals surface area contributed by atoms with Crippen LogP contribution in [0.15, 0.2) is 22.6 Å². The third-order valence-electron chi connectivity index (χ3n) is 6.47. The first-order chi connectivity index (χ1) is 14.6. The number of pyridine rings is 1. The molecule has 6 nitrogen and oxygen atoms in total. The quantitative estimate of drug-likeness (QED) is 0.597. The van der Waals surface area contributed by atoms with Crippen molar-refractivity contribution in [2.75, 3.05) is 12.0 Å². The molecule has 0 amide bonds. The first kappa shape index (κ1) is 20.4. The third-order valence-corrected chi connectivity index (χ3v) is 6.47. The van der Waals surface area contributed by atoms with Crippen LogP contribution in [-0.4, -0.2) is 38.6 Å². The molecule has 1 aromatic carbocycles. The van der Waals surface area contributed by atoms with E-state index >= 15 is 0 Å². The van der Waals surface area contributed by atoms with Crippen molar-refractivity contribution >= 4 is 16.9 Å². The molecule has 0 saturated heterocycles. The Labute approximate surface area is 181 Å². The van der Waals surface area contributed by atoms with Gasteiger partial charge in [0.05, 0.1) is 11.1 Å². The fourth-order valence-electron chi connectivity index (χ4n) is 4.48. The number of rotatable bonds is 5. The Kier molecular flexibility index (Phi) is 4.59. The van der Waals surface area contributed by atoms with Crippen molar-refractivity contribution in [2.24, 2.45) is 0 Å². The lowest BCUT2D eigenvalue weighted by Gasteiger charge is -2.41. The molecule has 2 aromatic heterocycles. The number of halogens is 1. The van der Waals surface area contributed by atoms with E-state index in [0.717, 1.165) is 11.1 Å². The molecule has 2 N–H and O–H groups in total. The van der Waals surface area contributed by atoms with Crippen LogP contribution in [0.2, 0.25) is 0 Å². The van der Waals surface area contributed by atoms with Crippen LogP contribution < -0.4 is 5.32 Å². The normalized spacial score (nSPS) is 23.7. The van der Waals surface area contributed by atoms with Crippen LogP contribution in [0.4, 0.5) is 10.4 Å². The first-order valence-corrected chi connectivity index (χ1v) is 11.0. The van der Waals surface area contributed by atoms with Crippen molar-refractivity contribution in [3.63, 3.8) is 0 Å². The van der Waals surface area contributed by atoms with Gasteiger partial charge in [-0.15, -0.1) is 5.10 Å². The topological polar surface area (TPSA) is 84.1 Å². The molecule has 2 heterocycles. The van der Waals surface area contributed by atoms with Crippen LogP contribution >= 0.6 is 0 Å². The van der Waals surface area contributed by atoms with Crippen LogP contribution in [0.3, 0.4) is 0 Å². The van der Waals surface area contributed by atoms with E-state index < -0.39 is 12.3 Å². The minimum absolute atomic E-state index is 0.0415. The lowest BCUT2D eigenvalue weighted by atomic mass is 9.77. The zero-order valence-corrected chi connectivity index (χ0v) is 18.5. The Balaban J connectivity index is 1.48. The summed E-state index contributed by atoms with van der Waals surface area (Å²) < 4.78 is 18.6. The number of nitrogens with zero attached hydrogens (tertiary/aromatic N) is 3.